The number of nitrogens with zero attached hydrogens (tertiary/aromatic N) is 2. The van der Waals surface area contributed by atoms with Crippen molar-refractivity contribution in [1.29, 1.82) is 0 Å². The fourth-order valence-electron chi connectivity index (χ4n) is 1.73. The summed E-state index contributed by atoms with van der Waals surface area (Å²) in [4.78, 5) is 15.7. The number of likely N-dealkylation sites (N-methyl/N-ethyl adjacent to an activating group) is 1. The quantitative estimate of drug-likeness (QED) is 0.678. The van der Waals surface area contributed by atoms with Gasteiger partial charge in [0, 0.05) is 39.3 Å². The Hall–Kier alpha value is -0.320. The molecule has 0 unspecified atom stereocenters. The van der Waals surface area contributed by atoms with E-state index in [1.165, 1.54) is 0 Å². The van der Waals surface area contributed by atoms with Gasteiger partial charge in [-0.05, 0) is 6.54 Å². The van der Waals surface area contributed by atoms with E-state index in [9.17, 15) is 4.79 Å². The molecule has 1 aliphatic rings. The van der Waals surface area contributed by atoms with Gasteiger partial charge in [0.1, 0.15) is 5.88 Å². The molecule has 0 atom stereocenters. The Bertz CT molecular complexity index is 193. The van der Waals surface area contributed by atoms with Gasteiger partial charge < -0.3 is 10.2 Å². The first-order chi connectivity index (χ1) is 7.26. The summed E-state index contributed by atoms with van der Waals surface area (Å²) < 4.78 is 0. The van der Waals surface area contributed by atoms with Crippen LogP contribution in [0.3, 0.4) is 0 Å². The molecule has 0 aromatic rings. The molecule has 4 nitrogen and oxygen atoms in total. The summed E-state index contributed by atoms with van der Waals surface area (Å²) in [6.07, 6.45) is 0. The fraction of sp³-hybridized carbons (Fsp3) is 0.900. The Balaban J connectivity index is 2.06. The first kappa shape index (κ1) is 12.7. The van der Waals surface area contributed by atoms with Crippen LogP contribution in [0.5, 0.6) is 0 Å². The Labute approximate surface area is 96.6 Å². The number of alkyl halides is 1. The molecule has 0 saturated carbocycles. The number of piperazine rings is 1. The molecule has 0 bridgehead atoms. The normalized spacial score (nSPS) is 19.1. The molecule has 1 aliphatic heterocycles. The van der Waals surface area contributed by atoms with E-state index in [-0.39, 0.29) is 11.8 Å². The van der Waals surface area contributed by atoms with Crippen LogP contribution in [0.4, 0.5) is 0 Å². The average molecular weight is 234 g/mol. The van der Waals surface area contributed by atoms with Crippen molar-refractivity contribution >= 4 is 17.5 Å². The number of carbonyl (C=O) groups excluding carboxylic acids is 1. The molecule has 1 N–H and O–H groups in total. The Kier molecular flexibility index (Phi) is 5.98. The molecule has 5 heteroatoms. The minimum Gasteiger partial charge on any atom is -0.354 e. The standard InChI is InChI=1S/C10H20ClN3O/c1-2-13-5-7-14(8-6-13)4-3-12-10(15)9-11/h2-9H2,1H3,(H,12,15). The minimum absolute atomic E-state index is 0.0591. The van der Waals surface area contributed by atoms with Gasteiger partial charge in [0.25, 0.3) is 0 Å². The van der Waals surface area contributed by atoms with Gasteiger partial charge in [-0.2, -0.15) is 0 Å². The summed E-state index contributed by atoms with van der Waals surface area (Å²) in [5, 5.41) is 2.78. The zero-order valence-electron chi connectivity index (χ0n) is 9.34. The van der Waals surface area contributed by atoms with Crippen molar-refractivity contribution in [3.8, 4) is 0 Å². The molecule has 0 spiro atoms. The van der Waals surface area contributed by atoms with Crippen LogP contribution in [0.25, 0.3) is 0 Å². The maximum absolute atomic E-state index is 10.9. The van der Waals surface area contributed by atoms with E-state index in [1.807, 2.05) is 0 Å². The number of hydrogen-bond donors (Lipinski definition) is 1. The second kappa shape index (κ2) is 7.04. The molecule has 0 radical (unpaired) electrons. The van der Waals surface area contributed by atoms with Gasteiger partial charge >= 0.3 is 0 Å². The van der Waals surface area contributed by atoms with Crippen molar-refractivity contribution < 1.29 is 4.79 Å². The van der Waals surface area contributed by atoms with Crippen LogP contribution >= 0.6 is 11.6 Å². The van der Waals surface area contributed by atoms with Gasteiger partial charge in [-0.1, -0.05) is 6.92 Å². The highest BCUT2D eigenvalue weighted by atomic mass is 35.5. The van der Waals surface area contributed by atoms with Gasteiger partial charge in [-0.25, -0.2) is 0 Å². The topological polar surface area (TPSA) is 35.6 Å². The number of amides is 1. The van der Waals surface area contributed by atoms with Crippen molar-refractivity contribution in [3.63, 3.8) is 0 Å². The molecule has 1 saturated heterocycles. The zero-order chi connectivity index (χ0) is 11.1. The van der Waals surface area contributed by atoms with Crippen LogP contribution in [0.2, 0.25) is 0 Å². The largest absolute Gasteiger partial charge is 0.354 e. The number of hydrogen-bond acceptors (Lipinski definition) is 3. The number of nitrogens with one attached hydrogen (secondary N) is 1. The third-order valence-electron chi connectivity index (χ3n) is 2.78. The maximum Gasteiger partial charge on any atom is 0.234 e. The lowest BCUT2D eigenvalue weighted by Gasteiger charge is -2.33. The first-order valence-corrected chi connectivity index (χ1v) is 6.07. The third-order valence-corrected chi connectivity index (χ3v) is 3.03. The molecule has 1 amide bonds. The Morgan fingerprint density at radius 1 is 1.27 bits per heavy atom. The molecule has 1 fully saturated rings. The highest BCUT2D eigenvalue weighted by molar-refractivity contribution is 6.27. The average Bonchev–Trinajstić information content (AvgIpc) is 2.29. The summed E-state index contributed by atoms with van der Waals surface area (Å²) in [6.45, 7) is 9.44. The molecule has 88 valence electrons. The van der Waals surface area contributed by atoms with E-state index in [1.54, 1.807) is 0 Å². The van der Waals surface area contributed by atoms with Crippen LogP contribution in [0, 0.1) is 0 Å². The van der Waals surface area contributed by atoms with Gasteiger partial charge in [0.05, 0.1) is 0 Å². The molecule has 0 aromatic heterocycles. The summed E-state index contributed by atoms with van der Waals surface area (Å²) in [5.74, 6) is -0.0206. The fourth-order valence-corrected chi connectivity index (χ4v) is 1.82. The Morgan fingerprint density at radius 2 is 1.87 bits per heavy atom. The number of halogens is 1. The van der Waals surface area contributed by atoms with Crippen LogP contribution in [-0.4, -0.2) is 67.4 Å². The van der Waals surface area contributed by atoms with E-state index in [2.05, 4.69) is 22.0 Å². The second-order valence-electron chi connectivity index (χ2n) is 3.76. The smallest absolute Gasteiger partial charge is 0.234 e. The van der Waals surface area contributed by atoms with Crippen molar-refractivity contribution in [1.82, 2.24) is 15.1 Å². The summed E-state index contributed by atoms with van der Waals surface area (Å²) >= 11 is 5.38. The van der Waals surface area contributed by atoms with Crippen molar-refractivity contribution in [3.05, 3.63) is 0 Å². The lowest BCUT2D eigenvalue weighted by Crippen LogP contribution is -2.48. The highest BCUT2D eigenvalue weighted by Crippen LogP contribution is 1.99. The van der Waals surface area contributed by atoms with Gasteiger partial charge in [-0.3, -0.25) is 9.69 Å². The molecule has 0 aliphatic carbocycles. The molecular weight excluding hydrogens is 214 g/mol. The van der Waals surface area contributed by atoms with Crippen molar-refractivity contribution in [2.24, 2.45) is 0 Å². The summed E-state index contributed by atoms with van der Waals surface area (Å²) in [5.41, 5.74) is 0. The number of carbonyl (C=O) groups is 1. The zero-order valence-corrected chi connectivity index (χ0v) is 10.1. The van der Waals surface area contributed by atoms with E-state index >= 15 is 0 Å². The Morgan fingerprint density at radius 3 is 2.40 bits per heavy atom. The van der Waals surface area contributed by atoms with Crippen molar-refractivity contribution in [2.45, 2.75) is 6.92 Å². The molecular formula is C10H20ClN3O. The lowest BCUT2D eigenvalue weighted by atomic mass is 10.3. The first-order valence-electron chi connectivity index (χ1n) is 5.53. The third kappa shape index (κ3) is 4.82. The summed E-state index contributed by atoms with van der Waals surface area (Å²) in [7, 11) is 0. The second-order valence-corrected chi connectivity index (χ2v) is 4.03. The molecule has 1 heterocycles. The monoisotopic (exact) mass is 233 g/mol. The van der Waals surface area contributed by atoms with Crippen LogP contribution < -0.4 is 5.32 Å². The van der Waals surface area contributed by atoms with Crippen LogP contribution in [-0.2, 0) is 4.79 Å². The van der Waals surface area contributed by atoms with E-state index in [0.29, 0.717) is 6.54 Å². The SMILES string of the molecule is CCN1CCN(CCNC(=O)CCl)CC1. The van der Waals surface area contributed by atoms with E-state index in [0.717, 1.165) is 39.3 Å². The van der Waals surface area contributed by atoms with Crippen LogP contribution in [0.1, 0.15) is 6.92 Å². The molecule has 15 heavy (non-hydrogen) atoms. The highest BCUT2D eigenvalue weighted by Gasteiger charge is 2.14. The predicted octanol–water partition coefficient (Wildman–Crippen LogP) is -0.0211. The van der Waals surface area contributed by atoms with Gasteiger partial charge in [-0.15, -0.1) is 11.6 Å². The predicted molar refractivity (Wildman–Crippen MR) is 62.3 cm³/mol. The summed E-state index contributed by atoms with van der Waals surface area (Å²) in [6, 6.07) is 0. The number of rotatable bonds is 5. The molecule has 0 aromatic carbocycles. The minimum atomic E-state index is -0.0798. The lowest BCUT2D eigenvalue weighted by molar-refractivity contribution is -0.118. The van der Waals surface area contributed by atoms with E-state index < -0.39 is 0 Å². The molecule has 1 rings (SSSR count). The van der Waals surface area contributed by atoms with Crippen molar-refractivity contribution in [2.75, 3.05) is 51.7 Å². The maximum atomic E-state index is 10.9. The van der Waals surface area contributed by atoms with Gasteiger partial charge in [0.2, 0.25) is 5.91 Å². The van der Waals surface area contributed by atoms with Crippen LogP contribution in [0.15, 0.2) is 0 Å². The van der Waals surface area contributed by atoms with E-state index in [4.69, 9.17) is 11.6 Å². The van der Waals surface area contributed by atoms with Gasteiger partial charge in [0.15, 0.2) is 0 Å².